The van der Waals surface area contributed by atoms with Crippen molar-refractivity contribution in [1.29, 1.82) is 0 Å². The smallest absolute Gasteiger partial charge is 0.417 e. The molecular weight excluding hydrogens is 483 g/mol. The summed E-state index contributed by atoms with van der Waals surface area (Å²) in [6, 6.07) is 22.0. The lowest BCUT2D eigenvalue weighted by molar-refractivity contribution is -0.137. The normalized spacial score (nSPS) is 11.8. The summed E-state index contributed by atoms with van der Waals surface area (Å²) in [6.07, 6.45) is -2.12. The highest BCUT2D eigenvalue weighted by Crippen LogP contribution is 2.29. The standard InChI is InChI=1S/C24H17BrF3N3O/c25-21-12-16(13-30-31-23-10-8-20(14-29-23)24(26,27)28)6-9-22(21)32-15-17-5-7-18-3-1-2-4-19(18)11-17/h1-14H,15H2,(H,29,31)/b30-13-. The maximum atomic E-state index is 12.6. The second-order valence-corrected chi connectivity index (χ2v) is 7.81. The fourth-order valence-electron chi connectivity index (χ4n) is 3.00. The second-order valence-electron chi connectivity index (χ2n) is 6.96. The lowest BCUT2D eigenvalue weighted by atomic mass is 10.1. The average Bonchev–Trinajstić information content (AvgIpc) is 2.78. The van der Waals surface area contributed by atoms with Gasteiger partial charge in [-0.15, -0.1) is 0 Å². The first-order valence-corrected chi connectivity index (χ1v) is 10.4. The first kappa shape index (κ1) is 21.8. The zero-order chi connectivity index (χ0) is 22.6. The van der Waals surface area contributed by atoms with E-state index in [1.807, 2.05) is 36.4 Å². The van der Waals surface area contributed by atoms with Gasteiger partial charge in [-0.05, 0) is 74.2 Å². The van der Waals surface area contributed by atoms with Crippen LogP contribution in [0.15, 0.2) is 88.6 Å². The highest BCUT2D eigenvalue weighted by molar-refractivity contribution is 9.10. The molecule has 4 rings (SSSR count). The highest BCUT2D eigenvalue weighted by Gasteiger charge is 2.30. The SMILES string of the molecule is FC(F)(F)c1ccc(N/N=C\c2ccc(OCc3ccc4ccccc4c3)c(Br)c2)nc1. The maximum Gasteiger partial charge on any atom is 0.417 e. The third kappa shape index (κ3) is 5.45. The van der Waals surface area contributed by atoms with E-state index in [2.05, 4.69) is 55.7 Å². The van der Waals surface area contributed by atoms with Crippen molar-refractivity contribution in [3.8, 4) is 5.75 Å². The van der Waals surface area contributed by atoms with Crippen molar-refractivity contribution in [1.82, 2.24) is 4.98 Å². The van der Waals surface area contributed by atoms with Crippen LogP contribution in [0.2, 0.25) is 0 Å². The van der Waals surface area contributed by atoms with Crippen LogP contribution in [-0.2, 0) is 12.8 Å². The summed E-state index contributed by atoms with van der Waals surface area (Å²) in [5, 5.41) is 6.36. The third-order valence-corrected chi connectivity index (χ3v) is 5.27. The fraction of sp³-hybridized carbons (Fsp3) is 0.0833. The van der Waals surface area contributed by atoms with E-state index in [-0.39, 0.29) is 5.82 Å². The molecule has 0 aliphatic carbocycles. The summed E-state index contributed by atoms with van der Waals surface area (Å²) in [5.41, 5.74) is 3.64. The van der Waals surface area contributed by atoms with Crippen molar-refractivity contribution in [2.24, 2.45) is 5.10 Å². The second kappa shape index (κ2) is 9.40. The molecular formula is C24H17BrF3N3O. The van der Waals surface area contributed by atoms with Crippen LogP contribution in [0.3, 0.4) is 0 Å². The largest absolute Gasteiger partial charge is 0.488 e. The summed E-state index contributed by atoms with van der Waals surface area (Å²) in [6.45, 7) is 0.429. The number of alkyl halides is 3. The minimum atomic E-state index is -4.42. The van der Waals surface area contributed by atoms with Crippen LogP contribution in [0.4, 0.5) is 19.0 Å². The number of anilines is 1. The molecule has 0 saturated heterocycles. The Hall–Kier alpha value is -3.39. The molecule has 1 aromatic heterocycles. The van der Waals surface area contributed by atoms with Gasteiger partial charge in [0.1, 0.15) is 18.2 Å². The molecule has 0 aliphatic heterocycles. The topological polar surface area (TPSA) is 46.5 Å². The van der Waals surface area contributed by atoms with Crippen molar-refractivity contribution in [3.63, 3.8) is 0 Å². The predicted octanol–water partition coefficient (Wildman–Crippen LogP) is 7.04. The van der Waals surface area contributed by atoms with Crippen LogP contribution in [0.5, 0.6) is 5.75 Å². The molecule has 0 unspecified atom stereocenters. The van der Waals surface area contributed by atoms with Crippen LogP contribution in [0.25, 0.3) is 10.8 Å². The summed E-state index contributed by atoms with van der Waals surface area (Å²) in [5.74, 6) is 0.899. The summed E-state index contributed by atoms with van der Waals surface area (Å²) >= 11 is 3.50. The predicted molar refractivity (Wildman–Crippen MR) is 123 cm³/mol. The Kier molecular flexibility index (Phi) is 6.41. The monoisotopic (exact) mass is 499 g/mol. The number of pyridine rings is 1. The summed E-state index contributed by atoms with van der Waals surface area (Å²) in [7, 11) is 0. The molecule has 1 heterocycles. The van der Waals surface area contributed by atoms with Gasteiger partial charge in [-0.3, -0.25) is 5.43 Å². The molecule has 4 aromatic rings. The van der Waals surface area contributed by atoms with Gasteiger partial charge < -0.3 is 4.74 Å². The van der Waals surface area contributed by atoms with Gasteiger partial charge in [0, 0.05) is 6.20 Å². The molecule has 162 valence electrons. The fourth-order valence-corrected chi connectivity index (χ4v) is 3.52. The Morgan fingerprint density at radius 3 is 2.50 bits per heavy atom. The number of hydrogen-bond acceptors (Lipinski definition) is 4. The molecule has 0 radical (unpaired) electrons. The van der Waals surface area contributed by atoms with Crippen molar-refractivity contribution in [2.75, 3.05) is 5.43 Å². The number of fused-ring (bicyclic) bond motifs is 1. The maximum absolute atomic E-state index is 12.6. The minimum Gasteiger partial charge on any atom is -0.488 e. The quantitative estimate of drug-likeness (QED) is 0.228. The molecule has 1 N–H and O–H groups in total. The van der Waals surface area contributed by atoms with Gasteiger partial charge in [0.15, 0.2) is 0 Å². The molecule has 0 bridgehead atoms. The van der Waals surface area contributed by atoms with Gasteiger partial charge in [0.05, 0.1) is 16.3 Å². The Balaban J connectivity index is 1.36. The Morgan fingerprint density at radius 2 is 1.78 bits per heavy atom. The van der Waals surface area contributed by atoms with E-state index in [0.717, 1.165) is 33.2 Å². The van der Waals surface area contributed by atoms with Gasteiger partial charge in [-0.2, -0.15) is 18.3 Å². The van der Waals surface area contributed by atoms with E-state index in [9.17, 15) is 13.2 Å². The van der Waals surface area contributed by atoms with E-state index in [4.69, 9.17) is 4.74 Å². The first-order valence-electron chi connectivity index (χ1n) is 9.61. The van der Waals surface area contributed by atoms with E-state index in [0.29, 0.717) is 12.4 Å². The number of aromatic nitrogens is 1. The Labute approximate surface area is 190 Å². The van der Waals surface area contributed by atoms with Crippen LogP contribution in [0, 0.1) is 0 Å². The molecule has 32 heavy (non-hydrogen) atoms. The lowest BCUT2D eigenvalue weighted by Crippen LogP contribution is -2.05. The van der Waals surface area contributed by atoms with E-state index < -0.39 is 11.7 Å². The Morgan fingerprint density at radius 1 is 0.969 bits per heavy atom. The minimum absolute atomic E-state index is 0.212. The molecule has 0 saturated carbocycles. The molecule has 0 fully saturated rings. The molecule has 3 aromatic carbocycles. The number of halogens is 4. The van der Waals surface area contributed by atoms with Crippen molar-refractivity contribution < 1.29 is 17.9 Å². The van der Waals surface area contributed by atoms with E-state index in [1.54, 1.807) is 0 Å². The summed E-state index contributed by atoms with van der Waals surface area (Å²) in [4.78, 5) is 3.71. The Bertz CT molecular complexity index is 1260. The number of nitrogens with one attached hydrogen (secondary N) is 1. The van der Waals surface area contributed by atoms with Crippen molar-refractivity contribution >= 4 is 38.7 Å². The van der Waals surface area contributed by atoms with Crippen LogP contribution in [0.1, 0.15) is 16.7 Å². The zero-order valence-corrected chi connectivity index (χ0v) is 18.2. The molecule has 0 amide bonds. The number of ether oxygens (including phenoxy) is 1. The van der Waals surface area contributed by atoms with Crippen molar-refractivity contribution in [2.45, 2.75) is 12.8 Å². The number of hydrogen-bond donors (Lipinski definition) is 1. The van der Waals surface area contributed by atoms with Crippen molar-refractivity contribution in [3.05, 3.63) is 100 Å². The lowest BCUT2D eigenvalue weighted by Gasteiger charge is -2.10. The third-order valence-electron chi connectivity index (χ3n) is 4.65. The zero-order valence-electron chi connectivity index (χ0n) is 16.6. The molecule has 0 atom stereocenters. The van der Waals surface area contributed by atoms with Gasteiger partial charge in [0.2, 0.25) is 0 Å². The van der Waals surface area contributed by atoms with Gasteiger partial charge in [-0.1, -0.05) is 36.4 Å². The number of hydrazone groups is 1. The van der Waals surface area contributed by atoms with Gasteiger partial charge >= 0.3 is 6.18 Å². The molecule has 0 spiro atoms. The first-order chi connectivity index (χ1) is 15.4. The van der Waals surface area contributed by atoms with Crippen LogP contribution >= 0.6 is 15.9 Å². The average molecular weight is 500 g/mol. The van der Waals surface area contributed by atoms with Crippen LogP contribution < -0.4 is 10.2 Å². The van der Waals surface area contributed by atoms with Gasteiger partial charge in [0.25, 0.3) is 0 Å². The summed E-state index contributed by atoms with van der Waals surface area (Å²) < 4.78 is 44.4. The molecule has 4 nitrogen and oxygen atoms in total. The molecule has 8 heteroatoms. The van der Waals surface area contributed by atoms with E-state index >= 15 is 0 Å². The number of benzene rings is 3. The highest BCUT2D eigenvalue weighted by atomic mass is 79.9. The van der Waals surface area contributed by atoms with Crippen LogP contribution in [-0.4, -0.2) is 11.2 Å². The van der Waals surface area contributed by atoms with E-state index in [1.165, 1.54) is 17.7 Å². The number of nitrogens with zero attached hydrogens (tertiary/aromatic N) is 2. The molecule has 0 aliphatic rings. The number of rotatable bonds is 6. The van der Waals surface area contributed by atoms with Gasteiger partial charge in [-0.25, -0.2) is 4.98 Å².